The highest BCUT2D eigenvalue weighted by atomic mass is 32.2. The highest BCUT2D eigenvalue weighted by molar-refractivity contribution is 7.86. The minimum atomic E-state index is -4.51. The minimum Gasteiger partial charge on any atom is -0.233 e. The van der Waals surface area contributed by atoms with Gasteiger partial charge in [-0.05, 0) is 18.2 Å². The van der Waals surface area contributed by atoms with Gasteiger partial charge in [-0.3, -0.25) is 0 Å². The van der Waals surface area contributed by atoms with Crippen molar-refractivity contribution in [2.45, 2.75) is 12.6 Å². The molecule has 0 saturated carbocycles. The molecule has 92 valence electrons. The predicted molar refractivity (Wildman–Crippen MR) is 56.9 cm³/mol. The van der Waals surface area contributed by atoms with Crippen molar-refractivity contribution < 1.29 is 13.2 Å². The van der Waals surface area contributed by atoms with E-state index in [0.29, 0.717) is 17.7 Å². The predicted octanol–water partition coefficient (Wildman–Crippen LogP) is 1.95. The molecule has 0 N–H and O–H groups in total. The Morgan fingerprint density at radius 3 is 2.47 bits per heavy atom. The second-order valence-corrected chi connectivity index (χ2v) is 4.95. The molecule has 0 spiro atoms. The number of aromatic nitrogens is 2. The fourth-order valence-corrected chi connectivity index (χ4v) is 1.77. The van der Waals surface area contributed by atoms with E-state index in [0.717, 1.165) is 12.4 Å². The van der Waals surface area contributed by atoms with Crippen LogP contribution in [0, 0.1) is 11.5 Å². The smallest absolute Gasteiger partial charge is 0.233 e. The molecule has 0 amide bonds. The molecule has 0 bridgehead atoms. The highest BCUT2D eigenvalue weighted by Crippen LogP contribution is 2.25. The molecule has 1 aromatic rings. The summed E-state index contributed by atoms with van der Waals surface area (Å²) in [4.78, 5) is 6.49. The van der Waals surface area contributed by atoms with Gasteiger partial charge in [-0.25, -0.2) is 9.97 Å². The fraction of sp³-hybridized carbons (Fsp3) is 0.444. The summed E-state index contributed by atoms with van der Waals surface area (Å²) in [5.74, 6) is -0.541. The normalized spacial score (nSPS) is 13.4. The zero-order valence-corrected chi connectivity index (χ0v) is 9.72. The van der Waals surface area contributed by atoms with Gasteiger partial charge in [0.25, 0.3) is 0 Å². The van der Waals surface area contributed by atoms with Gasteiger partial charge in [0, 0.05) is 18.1 Å². The highest BCUT2D eigenvalue weighted by Gasteiger charge is 2.34. The number of nitrogens with zero attached hydrogens (tertiary/aromatic N) is 4. The first kappa shape index (κ1) is 13.6. The second-order valence-electron chi connectivity index (χ2n) is 3.16. The molecule has 1 rings (SSSR count). The van der Waals surface area contributed by atoms with Gasteiger partial charge in [0.1, 0.15) is 0 Å². The third kappa shape index (κ3) is 4.48. The number of rotatable bonds is 3. The Hall–Kier alpha value is -1.49. The Morgan fingerprint density at radius 2 is 2.00 bits per heavy atom. The van der Waals surface area contributed by atoms with Gasteiger partial charge in [-0.2, -0.15) is 22.8 Å². The van der Waals surface area contributed by atoms with Crippen molar-refractivity contribution >= 4 is 10.7 Å². The van der Waals surface area contributed by atoms with E-state index in [1.807, 2.05) is 0 Å². The molecule has 1 aromatic heterocycles. The summed E-state index contributed by atoms with van der Waals surface area (Å²) in [5, 5.41) is 8.30. The summed E-state index contributed by atoms with van der Waals surface area (Å²) in [6.07, 6.45) is 1.77. The van der Waals surface area contributed by atoms with E-state index in [2.05, 4.69) is 14.3 Å². The molecule has 0 aliphatic carbocycles. The molecule has 17 heavy (non-hydrogen) atoms. The number of hydrogen-bond acceptors (Lipinski definition) is 4. The number of nitriles is 1. The molecule has 4 nitrogen and oxygen atoms in total. The maximum atomic E-state index is 12.2. The monoisotopic (exact) mass is 262 g/mol. The van der Waals surface area contributed by atoms with E-state index in [4.69, 9.17) is 5.26 Å². The van der Waals surface area contributed by atoms with Crippen molar-refractivity contribution in [3.63, 3.8) is 0 Å². The minimum absolute atomic E-state index is 0.407. The lowest BCUT2D eigenvalue weighted by molar-refractivity contribution is -0.145. The van der Waals surface area contributed by atoms with Crippen LogP contribution in [0.1, 0.15) is 11.4 Å². The van der Waals surface area contributed by atoms with Crippen molar-refractivity contribution in [1.82, 2.24) is 9.97 Å². The second kappa shape index (κ2) is 5.72. The molecule has 1 atom stereocenters. The zero-order chi connectivity index (χ0) is 12.9. The number of halogens is 3. The molecule has 0 aliphatic heterocycles. The van der Waals surface area contributed by atoms with Crippen LogP contribution < -0.4 is 0 Å². The van der Waals surface area contributed by atoms with Crippen LogP contribution in [-0.2, 0) is 23.3 Å². The Balaban J connectivity index is 2.64. The molecule has 1 heterocycles. The van der Waals surface area contributed by atoms with Crippen LogP contribution in [0.25, 0.3) is 0 Å². The average molecular weight is 262 g/mol. The maximum absolute atomic E-state index is 12.2. The van der Waals surface area contributed by atoms with Gasteiger partial charge in [-0.1, -0.05) is 10.7 Å². The lowest BCUT2D eigenvalue weighted by Gasteiger charge is -2.05. The average Bonchev–Trinajstić information content (AvgIpc) is 2.26. The van der Waals surface area contributed by atoms with Crippen LogP contribution in [0.2, 0.25) is 0 Å². The first-order chi connectivity index (χ1) is 7.93. The van der Waals surface area contributed by atoms with Crippen molar-refractivity contribution in [2.24, 2.45) is 4.36 Å². The fourth-order valence-electron chi connectivity index (χ4n) is 1.01. The number of aryl methyl sites for hydroxylation is 1. The summed E-state index contributed by atoms with van der Waals surface area (Å²) in [5.41, 5.74) is 0.602. The number of alkyl halides is 3. The molecule has 1 unspecified atom stereocenters. The van der Waals surface area contributed by atoms with Gasteiger partial charge in [0.2, 0.25) is 12.0 Å². The molecular weight excluding hydrogens is 253 g/mol. The van der Waals surface area contributed by atoms with Crippen LogP contribution in [0.4, 0.5) is 13.2 Å². The first-order valence-electron chi connectivity index (χ1n) is 4.54. The zero-order valence-electron chi connectivity index (χ0n) is 8.90. The molecule has 8 heteroatoms. The van der Waals surface area contributed by atoms with Crippen LogP contribution >= 0.6 is 0 Å². The van der Waals surface area contributed by atoms with Crippen LogP contribution in [0.3, 0.4) is 0 Å². The van der Waals surface area contributed by atoms with E-state index >= 15 is 0 Å². The van der Waals surface area contributed by atoms with Gasteiger partial charge in [0.15, 0.2) is 0 Å². The van der Waals surface area contributed by atoms with Gasteiger partial charge in [0.05, 0.1) is 0 Å². The van der Waals surface area contributed by atoms with Crippen molar-refractivity contribution in [3.05, 3.63) is 23.8 Å². The molecule has 0 radical (unpaired) electrons. The standard InChI is InChI=1S/C9H9F3N4S/c1-17(16-6-13)3-2-7-4-14-8(15-5-7)9(10,11)12/h4-5H,2-3H2,1H3. The largest absolute Gasteiger partial charge is 0.451 e. The van der Waals surface area contributed by atoms with Gasteiger partial charge in [-0.15, -0.1) is 0 Å². The lowest BCUT2D eigenvalue weighted by atomic mass is 10.3. The van der Waals surface area contributed by atoms with E-state index in [1.165, 1.54) is 0 Å². The van der Waals surface area contributed by atoms with Gasteiger partial charge >= 0.3 is 6.18 Å². The van der Waals surface area contributed by atoms with Crippen LogP contribution in [0.5, 0.6) is 0 Å². The topological polar surface area (TPSA) is 61.9 Å². The maximum Gasteiger partial charge on any atom is 0.451 e. The van der Waals surface area contributed by atoms with Gasteiger partial charge < -0.3 is 0 Å². The van der Waals surface area contributed by atoms with Crippen molar-refractivity contribution in [2.75, 3.05) is 12.0 Å². The first-order valence-corrected chi connectivity index (χ1v) is 6.30. The Kier molecular flexibility index (Phi) is 4.57. The van der Waals surface area contributed by atoms with Crippen LogP contribution in [0.15, 0.2) is 16.8 Å². The molecule has 0 saturated heterocycles. The Labute approximate surface area is 98.6 Å². The third-order valence-corrected chi connectivity index (χ3v) is 3.03. The van der Waals surface area contributed by atoms with Crippen LogP contribution in [-0.4, -0.2) is 22.0 Å². The van der Waals surface area contributed by atoms with E-state index in [9.17, 15) is 13.2 Å². The molecule has 0 fully saturated rings. The molecule has 0 aliphatic rings. The number of hydrogen-bond donors (Lipinski definition) is 0. The Morgan fingerprint density at radius 1 is 1.41 bits per heavy atom. The summed E-state index contributed by atoms with van der Waals surface area (Å²) in [7, 11) is -0.407. The SMILES string of the molecule is CS(CCc1cnc(C(F)(F)F)nc1)=NC#N. The summed E-state index contributed by atoms with van der Waals surface area (Å²) >= 11 is 0. The molecule has 0 aromatic carbocycles. The Bertz CT molecular complexity index is 447. The quantitative estimate of drug-likeness (QED) is 0.782. The van der Waals surface area contributed by atoms with E-state index in [1.54, 1.807) is 12.4 Å². The van der Waals surface area contributed by atoms with Crippen molar-refractivity contribution in [1.29, 1.82) is 5.26 Å². The molecular formula is C9H9F3N4S. The lowest BCUT2D eigenvalue weighted by Crippen LogP contribution is -2.11. The summed E-state index contributed by atoms with van der Waals surface area (Å²) in [6.45, 7) is 0. The van der Waals surface area contributed by atoms with E-state index in [-0.39, 0.29) is 0 Å². The van der Waals surface area contributed by atoms with Crippen molar-refractivity contribution in [3.8, 4) is 6.19 Å². The summed E-state index contributed by atoms with van der Waals surface area (Å²) < 4.78 is 40.1. The summed E-state index contributed by atoms with van der Waals surface area (Å²) in [6, 6.07) is 0. The third-order valence-electron chi connectivity index (χ3n) is 1.84. The van der Waals surface area contributed by atoms with E-state index < -0.39 is 22.7 Å².